The van der Waals surface area contributed by atoms with E-state index >= 15 is 0 Å². The van der Waals surface area contributed by atoms with E-state index in [9.17, 15) is 0 Å². The fraction of sp³-hybridized carbons (Fsp3) is 0.769. The molecule has 4 fully saturated rings. The molecule has 1 aliphatic heterocycles. The summed E-state index contributed by atoms with van der Waals surface area (Å²) in [5.41, 5.74) is 4.41. The van der Waals surface area contributed by atoms with E-state index in [0.717, 1.165) is 18.8 Å². The van der Waals surface area contributed by atoms with Gasteiger partial charge in [-0.05, 0) is 68.4 Å². The lowest BCUT2D eigenvalue weighted by atomic mass is 9.43. The van der Waals surface area contributed by atoms with Crippen molar-refractivity contribution in [1.82, 2.24) is 4.23 Å². The summed E-state index contributed by atoms with van der Waals surface area (Å²) in [5.74, 6) is 1.67. The first kappa shape index (κ1) is 24.7. The van der Waals surface area contributed by atoms with Crippen molar-refractivity contribution in [3.05, 3.63) is 34.9 Å². The highest BCUT2D eigenvalue weighted by Crippen LogP contribution is 2.66. The van der Waals surface area contributed by atoms with E-state index < -0.39 is 16.5 Å². The van der Waals surface area contributed by atoms with Gasteiger partial charge in [-0.2, -0.15) is 0 Å². The van der Waals surface area contributed by atoms with Gasteiger partial charge in [0.05, 0.1) is 11.7 Å². The molecule has 4 aliphatic rings. The Morgan fingerprint density at radius 2 is 1.66 bits per heavy atom. The molecule has 0 aromatic heterocycles. The second-order valence-electron chi connectivity index (χ2n) is 13.8. The van der Waals surface area contributed by atoms with E-state index in [-0.39, 0.29) is 24.8 Å². The summed E-state index contributed by atoms with van der Waals surface area (Å²) in [6.45, 7) is 26.7. The first-order chi connectivity index (χ1) is 14.5. The van der Waals surface area contributed by atoms with Crippen LogP contribution in [0.5, 0.6) is 0 Å². The predicted octanol–water partition coefficient (Wildman–Crippen LogP) is 6.45. The Balaban J connectivity index is 1.71. The van der Waals surface area contributed by atoms with Crippen molar-refractivity contribution in [2.45, 2.75) is 111 Å². The average molecular weight is 472 g/mol. The van der Waals surface area contributed by atoms with E-state index in [4.69, 9.17) is 9.31 Å². The second-order valence-corrected chi connectivity index (χ2v) is 23.8. The molecule has 6 heteroatoms. The topological polar surface area (TPSA) is 21.7 Å². The summed E-state index contributed by atoms with van der Waals surface area (Å²) in [7, 11) is -3.36. The first-order valence-electron chi connectivity index (χ1n) is 12.7. The SMILES string of the molecule is Cc1ccc(C[C@@H](B2O[C@@H]3CC4C[C@@H](C4(C)C)[C@]3(C)O2)N([Si](C)(C)C)[Si](C)(C)C)c(C)c1. The van der Waals surface area contributed by atoms with Crippen LogP contribution in [0.4, 0.5) is 0 Å². The molecule has 0 spiro atoms. The van der Waals surface area contributed by atoms with Crippen molar-refractivity contribution in [2.75, 3.05) is 0 Å². The van der Waals surface area contributed by atoms with Gasteiger partial charge in [0.25, 0.3) is 0 Å². The molecule has 1 aromatic carbocycles. The lowest BCUT2D eigenvalue weighted by Gasteiger charge is -2.64. The van der Waals surface area contributed by atoms with E-state index in [2.05, 4.69) is 96.3 Å². The molecule has 178 valence electrons. The summed E-state index contributed by atoms with van der Waals surface area (Å²) in [6, 6.07) is 6.93. The Bertz CT molecular complexity index is 864. The maximum atomic E-state index is 7.09. The summed E-state index contributed by atoms with van der Waals surface area (Å²) in [6.07, 6.45) is 3.72. The second kappa shape index (κ2) is 7.81. The summed E-state index contributed by atoms with van der Waals surface area (Å²) in [4.78, 5) is 0. The van der Waals surface area contributed by atoms with Crippen molar-refractivity contribution in [1.29, 1.82) is 0 Å². The van der Waals surface area contributed by atoms with Crippen LogP contribution in [0.25, 0.3) is 0 Å². The van der Waals surface area contributed by atoms with Crippen molar-refractivity contribution in [3.8, 4) is 0 Å². The molecule has 2 bridgehead atoms. The molecule has 0 N–H and O–H groups in total. The van der Waals surface area contributed by atoms with Crippen LogP contribution in [0.3, 0.4) is 0 Å². The van der Waals surface area contributed by atoms with Gasteiger partial charge >= 0.3 is 7.12 Å². The predicted molar refractivity (Wildman–Crippen MR) is 142 cm³/mol. The third-order valence-corrected chi connectivity index (χ3v) is 16.6. The Morgan fingerprint density at radius 3 is 2.19 bits per heavy atom. The third-order valence-electron chi connectivity index (χ3n) is 8.99. The molecule has 1 saturated heterocycles. The van der Waals surface area contributed by atoms with Crippen LogP contribution in [-0.2, 0) is 15.7 Å². The van der Waals surface area contributed by atoms with Crippen LogP contribution in [0.2, 0.25) is 39.3 Å². The highest BCUT2D eigenvalue weighted by Gasteiger charge is 2.69. The van der Waals surface area contributed by atoms with Crippen LogP contribution in [-0.4, -0.2) is 45.5 Å². The summed E-state index contributed by atoms with van der Waals surface area (Å²) in [5, 5.41) is 0. The standard InChI is InChI=1S/C26H46BNO2Si2/c1-18-12-13-20(19(2)14-18)15-24(28(31(6,7)8)32(9,10)11)27-29-23-17-21-16-22(25(21,3)4)26(23,5)30-27/h12-14,21-24H,15-17H2,1-11H3/t21?,22-,23+,24-,26-/m0/s1. The first-order valence-corrected chi connectivity index (χ1v) is 19.6. The van der Waals surface area contributed by atoms with Crippen LogP contribution in [0, 0.1) is 31.1 Å². The minimum atomic E-state index is -1.61. The van der Waals surface area contributed by atoms with Crippen LogP contribution in [0.1, 0.15) is 50.3 Å². The van der Waals surface area contributed by atoms with Gasteiger partial charge in [0.1, 0.15) is 16.5 Å². The normalized spacial score (nSPS) is 32.6. The molecular weight excluding hydrogens is 425 g/mol. The zero-order valence-electron chi connectivity index (χ0n) is 22.5. The van der Waals surface area contributed by atoms with Crippen molar-refractivity contribution in [2.24, 2.45) is 17.3 Å². The molecular formula is C26H46BNO2Si2. The number of hydrogen-bond acceptors (Lipinski definition) is 3. The number of hydrogen-bond donors (Lipinski definition) is 0. The van der Waals surface area contributed by atoms with Gasteiger partial charge in [-0.1, -0.05) is 76.9 Å². The summed E-state index contributed by atoms with van der Waals surface area (Å²) >= 11 is 0. The maximum Gasteiger partial charge on any atom is 0.475 e. The molecule has 5 atom stereocenters. The zero-order chi connectivity index (χ0) is 23.9. The number of benzene rings is 1. The minimum absolute atomic E-state index is 0.140. The van der Waals surface area contributed by atoms with Gasteiger partial charge in [-0.3, -0.25) is 0 Å². The smallest absolute Gasteiger partial charge is 0.404 e. The number of rotatable bonds is 6. The molecule has 3 aliphatic carbocycles. The molecule has 32 heavy (non-hydrogen) atoms. The van der Waals surface area contributed by atoms with Gasteiger partial charge in [0.15, 0.2) is 0 Å². The van der Waals surface area contributed by atoms with E-state index in [1.165, 1.54) is 23.1 Å². The van der Waals surface area contributed by atoms with Gasteiger partial charge in [0.2, 0.25) is 0 Å². The maximum absolute atomic E-state index is 7.09. The van der Waals surface area contributed by atoms with Crippen LogP contribution >= 0.6 is 0 Å². The Morgan fingerprint density at radius 1 is 1.03 bits per heavy atom. The Labute approximate surface area is 200 Å². The fourth-order valence-electron chi connectivity index (χ4n) is 7.67. The van der Waals surface area contributed by atoms with E-state index in [0.29, 0.717) is 11.3 Å². The quantitative estimate of drug-likeness (QED) is 0.445. The number of aryl methyl sites for hydroxylation is 2. The van der Waals surface area contributed by atoms with E-state index in [1.54, 1.807) is 0 Å². The van der Waals surface area contributed by atoms with Crippen LogP contribution < -0.4 is 0 Å². The average Bonchev–Trinajstić information content (AvgIpc) is 2.97. The Kier molecular flexibility index (Phi) is 6.03. The van der Waals surface area contributed by atoms with Crippen molar-refractivity contribution < 1.29 is 9.31 Å². The molecule has 1 unspecified atom stereocenters. The molecule has 1 heterocycles. The molecule has 0 radical (unpaired) electrons. The van der Waals surface area contributed by atoms with Crippen molar-refractivity contribution in [3.63, 3.8) is 0 Å². The highest BCUT2D eigenvalue weighted by atomic mass is 28.4. The molecule has 5 rings (SSSR count). The van der Waals surface area contributed by atoms with Gasteiger partial charge < -0.3 is 13.5 Å². The Hall–Kier alpha value is -0.401. The lowest BCUT2D eigenvalue weighted by Crippen LogP contribution is -2.68. The molecule has 3 nitrogen and oxygen atoms in total. The molecule has 1 aromatic rings. The molecule has 0 amide bonds. The molecule has 3 saturated carbocycles. The van der Waals surface area contributed by atoms with Crippen molar-refractivity contribution >= 4 is 23.6 Å². The van der Waals surface area contributed by atoms with Gasteiger partial charge in [0, 0.05) is 5.94 Å². The zero-order valence-corrected chi connectivity index (χ0v) is 24.5. The summed E-state index contributed by atoms with van der Waals surface area (Å²) < 4.78 is 16.9. The number of nitrogens with zero attached hydrogens (tertiary/aromatic N) is 1. The highest BCUT2D eigenvalue weighted by molar-refractivity contribution is 6.90. The fourth-order valence-corrected chi connectivity index (χ4v) is 18.1. The lowest BCUT2D eigenvalue weighted by molar-refractivity contribution is -0.199. The third kappa shape index (κ3) is 4.02. The monoisotopic (exact) mass is 471 g/mol. The van der Waals surface area contributed by atoms with Gasteiger partial charge in [-0.15, -0.1) is 0 Å². The van der Waals surface area contributed by atoms with Gasteiger partial charge in [-0.25, -0.2) is 0 Å². The largest absolute Gasteiger partial charge is 0.475 e. The van der Waals surface area contributed by atoms with E-state index in [1.807, 2.05) is 0 Å². The van der Waals surface area contributed by atoms with Crippen LogP contribution in [0.15, 0.2) is 18.2 Å². The minimum Gasteiger partial charge on any atom is -0.404 e.